The Morgan fingerprint density at radius 1 is 1.06 bits per heavy atom. The van der Waals surface area contributed by atoms with Crippen LogP contribution in [0.4, 0.5) is 33.3 Å². The Hall–Kier alpha value is -3.42. The molecule has 1 aliphatic carbocycles. The zero-order chi connectivity index (χ0) is 25.4. The third-order valence-electron chi connectivity index (χ3n) is 5.02. The first kappa shape index (κ1) is 25.2. The minimum Gasteiger partial charge on any atom is -0.507 e. The molecule has 1 aliphatic rings. The number of nitrogens with zero attached hydrogens (tertiary/aromatic N) is 1. The van der Waals surface area contributed by atoms with Crippen LogP contribution >= 0.6 is 0 Å². The summed E-state index contributed by atoms with van der Waals surface area (Å²) in [6.45, 7) is -1.89. The van der Waals surface area contributed by atoms with E-state index in [0.717, 1.165) is 23.1 Å². The fraction of sp³-hybridized carbons (Fsp3) is 0.300. The number of carbonyl (C=O) groups is 2. The molecule has 0 heterocycles. The summed E-state index contributed by atoms with van der Waals surface area (Å²) in [5, 5.41) is 18.9. The van der Waals surface area contributed by atoms with Gasteiger partial charge in [-0.05, 0) is 30.9 Å². The number of benzene rings is 2. The number of hydrogen-bond acceptors (Lipinski definition) is 5. The van der Waals surface area contributed by atoms with Gasteiger partial charge in [0.15, 0.2) is 23.3 Å². The standard InChI is InChI=1S/C20H17F5N2O6S/c21-6-12-15(22)17(24)19(18(25)16(12)23)26-34(32,33)8-14(29)27(7-9-1-2-9)10-3-4-11(20(30)31)13(28)5-10/h3-5,9,26,28H,1-2,6-8H2,(H,30,31). The number of halogens is 5. The van der Waals surface area contributed by atoms with E-state index in [2.05, 4.69) is 0 Å². The van der Waals surface area contributed by atoms with Gasteiger partial charge in [0.05, 0.1) is 5.56 Å². The van der Waals surface area contributed by atoms with Crippen molar-refractivity contribution >= 4 is 33.3 Å². The van der Waals surface area contributed by atoms with Crippen LogP contribution in [0.3, 0.4) is 0 Å². The van der Waals surface area contributed by atoms with Gasteiger partial charge in [0.2, 0.25) is 15.9 Å². The number of amides is 1. The maximum Gasteiger partial charge on any atom is 0.339 e. The molecule has 0 radical (unpaired) electrons. The van der Waals surface area contributed by atoms with Crippen molar-refractivity contribution in [1.82, 2.24) is 0 Å². The first-order chi connectivity index (χ1) is 15.9. The van der Waals surface area contributed by atoms with Crippen molar-refractivity contribution in [3.63, 3.8) is 0 Å². The normalized spacial score (nSPS) is 13.6. The first-order valence-corrected chi connectivity index (χ1v) is 11.3. The number of aromatic carboxylic acids is 1. The lowest BCUT2D eigenvalue weighted by atomic mass is 10.1. The predicted octanol–water partition coefficient (Wildman–Crippen LogP) is 3.30. The fourth-order valence-electron chi connectivity index (χ4n) is 3.09. The summed E-state index contributed by atoms with van der Waals surface area (Å²) in [5.41, 5.74) is -3.83. The number of carboxylic acids is 1. The number of carboxylic acid groups (broad SMARTS) is 1. The van der Waals surface area contributed by atoms with E-state index < -0.39 is 80.2 Å². The zero-order valence-corrected chi connectivity index (χ0v) is 17.9. The molecule has 1 amide bonds. The number of phenols is 1. The van der Waals surface area contributed by atoms with Crippen molar-refractivity contribution in [1.29, 1.82) is 0 Å². The van der Waals surface area contributed by atoms with Crippen LogP contribution in [0, 0.1) is 29.2 Å². The van der Waals surface area contributed by atoms with E-state index in [1.54, 1.807) is 0 Å². The summed E-state index contributed by atoms with van der Waals surface area (Å²) in [6.07, 6.45) is 1.42. The van der Waals surface area contributed by atoms with Gasteiger partial charge in [-0.25, -0.2) is 35.2 Å². The average Bonchev–Trinajstić information content (AvgIpc) is 3.57. The van der Waals surface area contributed by atoms with E-state index in [1.165, 1.54) is 4.72 Å². The van der Waals surface area contributed by atoms with Crippen molar-refractivity contribution in [2.24, 2.45) is 5.92 Å². The van der Waals surface area contributed by atoms with E-state index in [1.807, 2.05) is 0 Å². The summed E-state index contributed by atoms with van der Waals surface area (Å²) < 4.78 is 94.4. The Balaban J connectivity index is 1.89. The quantitative estimate of drug-likeness (QED) is 0.353. The van der Waals surface area contributed by atoms with Crippen LogP contribution in [0.5, 0.6) is 5.75 Å². The van der Waals surface area contributed by atoms with Crippen LogP contribution in [0.1, 0.15) is 28.8 Å². The van der Waals surface area contributed by atoms with Crippen LogP contribution in [-0.4, -0.2) is 42.8 Å². The van der Waals surface area contributed by atoms with Gasteiger partial charge in [-0.2, -0.15) is 0 Å². The van der Waals surface area contributed by atoms with Crippen LogP contribution in [-0.2, 0) is 21.5 Å². The minimum atomic E-state index is -4.94. The van der Waals surface area contributed by atoms with Gasteiger partial charge in [0.1, 0.15) is 29.4 Å². The highest BCUT2D eigenvalue weighted by Crippen LogP contribution is 2.34. The van der Waals surface area contributed by atoms with Crippen LogP contribution in [0.15, 0.2) is 18.2 Å². The van der Waals surface area contributed by atoms with Crippen LogP contribution < -0.4 is 9.62 Å². The van der Waals surface area contributed by atoms with E-state index in [0.29, 0.717) is 12.8 Å². The number of nitrogens with one attached hydrogen (secondary N) is 1. The number of anilines is 2. The van der Waals surface area contributed by atoms with Gasteiger partial charge in [-0.3, -0.25) is 9.52 Å². The predicted molar refractivity (Wildman–Crippen MR) is 109 cm³/mol. The van der Waals surface area contributed by atoms with Gasteiger partial charge in [0.25, 0.3) is 0 Å². The van der Waals surface area contributed by atoms with Gasteiger partial charge < -0.3 is 15.1 Å². The highest BCUT2D eigenvalue weighted by Gasteiger charge is 2.33. The molecule has 1 fully saturated rings. The van der Waals surface area contributed by atoms with Crippen molar-refractivity contribution in [2.75, 3.05) is 21.9 Å². The SMILES string of the molecule is O=C(O)c1ccc(N(CC2CC2)C(=O)CS(=O)(=O)Nc2c(F)c(F)c(CF)c(F)c2F)cc1O. The van der Waals surface area contributed by atoms with Crippen molar-refractivity contribution in [3.05, 3.63) is 52.6 Å². The van der Waals surface area contributed by atoms with E-state index in [-0.39, 0.29) is 18.2 Å². The van der Waals surface area contributed by atoms with Gasteiger partial charge in [-0.15, -0.1) is 0 Å². The maximum atomic E-state index is 14.1. The third-order valence-corrected chi connectivity index (χ3v) is 6.16. The molecular weight excluding hydrogens is 491 g/mol. The van der Waals surface area contributed by atoms with E-state index in [4.69, 9.17) is 5.11 Å². The molecule has 0 saturated heterocycles. The molecule has 0 unspecified atom stereocenters. The minimum absolute atomic E-state index is 0.00259. The Morgan fingerprint density at radius 2 is 1.65 bits per heavy atom. The summed E-state index contributed by atoms with van der Waals surface area (Å²) in [4.78, 5) is 24.8. The summed E-state index contributed by atoms with van der Waals surface area (Å²) >= 11 is 0. The van der Waals surface area contributed by atoms with E-state index >= 15 is 0 Å². The molecule has 0 aliphatic heterocycles. The molecule has 34 heavy (non-hydrogen) atoms. The lowest BCUT2D eigenvalue weighted by molar-refractivity contribution is -0.116. The lowest BCUT2D eigenvalue weighted by Crippen LogP contribution is -2.39. The number of hydrogen-bond donors (Lipinski definition) is 3. The van der Waals surface area contributed by atoms with Gasteiger partial charge in [0, 0.05) is 18.3 Å². The molecule has 8 nitrogen and oxygen atoms in total. The van der Waals surface area contributed by atoms with Crippen LogP contribution in [0.2, 0.25) is 0 Å². The van der Waals surface area contributed by atoms with E-state index in [9.17, 15) is 45.1 Å². The molecule has 1 saturated carbocycles. The van der Waals surface area contributed by atoms with Crippen molar-refractivity contribution < 1.29 is 50.2 Å². The van der Waals surface area contributed by atoms with Crippen molar-refractivity contribution in [2.45, 2.75) is 19.5 Å². The second-order valence-electron chi connectivity index (χ2n) is 7.56. The summed E-state index contributed by atoms with van der Waals surface area (Å²) in [5.74, 6) is -13.3. The Labute approximate surface area is 189 Å². The highest BCUT2D eigenvalue weighted by atomic mass is 32.2. The molecule has 3 rings (SSSR count). The second kappa shape index (κ2) is 9.44. The molecule has 0 aromatic heterocycles. The molecule has 3 N–H and O–H groups in total. The maximum absolute atomic E-state index is 14.1. The zero-order valence-electron chi connectivity index (χ0n) is 17.1. The molecule has 2 aromatic rings. The molecular formula is C20H17F5N2O6S. The highest BCUT2D eigenvalue weighted by molar-refractivity contribution is 7.93. The Bertz CT molecular complexity index is 1240. The lowest BCUT2D eigenvalue weighted by Gasteiger charge is -2.23. The van der Waals surface area contributed by atoms with Crippen molar-refractivity contribution in [3.8, 4) is 5.75 Å². The number of rotatable bonds is 9. The molecule has 2 aromatic carbocycles. The number of carbonyl (C=O) groups excluding carboxylic acids is 1. The van der Waals surface area contributed by atoms with Gasteiger partial charge in [-0.1, -0.05) is 0 Å². The number of alkyl halides is 1. The largest absolute Gasteiger partial charge is 0.507 e. The average molecular weight is 508 g/mol. The Morgan fingerprint density at radius 3 is 2.12 bits per heavy atom. The molecule has 184 valence electrons. The summed E-state index contributed by atoms with van der Waals surface area (Å²) in [6, 6.07) is 3.09. The molecule has 14 heteroatoms. The first-order valence-electron chi connectivity index (χ1n) is 9.64. The van der Waals surface area contributed by atoms with Crippen LogP contribution in [0.25, 0.3) is 0 Å². The smallest absolute Gasteiger partial charge is 0.339 e. The second-order valence-corrected chi connectivity index (χ2v) is 9.28. The number of aromatic hydroxyl groups is 1. The third kappa shape index (κ3) is 5.21. The molecule has 0 atom stereocenters. The summed E-state index contributed by atoms with van der Waals surface area (Å²) in [7, 11) is -4.94. The topological polar surface area (TPSA) is 124 Å². The fourth-order valence-corrected chi connectivity index (χ4v) is 4.14. The van der Waals surface area contributed by atoms with Gasteiger partial charge >= 0.3 is 5.97 Å². The monoisotopic (exact) mass is 508 g/mol. The Kier molecular flexibility index (Phi) is 7.00. The number of sulfonamides is 1. The molecule has 0 bridgehead atoms. The molecule has 0 spiro atoms.